The van der Waals surface area contributed by atoms with Crippen molar-refractivity contribution in [2.45, 2.75) is 62.6 Å². The van der Waals surface area contributed by atoms with Crippen molar-refractivity contribution in [1.29, 1.82) is 0 Å². The second-order valence-electron chi connectivity index (χ2n) is 7.86. The molecule has 2 N–H and O–H groups in total. The van der Waals surface area contributed by atoms with Gasteiger partial charge in [-0.25, -0.2) is 8.78 Å². The van der Waals surface area contributed by atoms with Gasteiger partial charge in [0.1, 0.15) is 11.6 Å². The Labute approximate surface area is 177 Å². The smallest absolute Gasteiger partial charge is 0.191 e. The van der Waals surface area contributed by atoms with Crippen LogP contribution in [-0.4, -0.2) is 49.1 Å². The largest absolute Gasteiger partial charge is 0.353 e. The van der Waals surface area contributed by atoms with E-state index < -0.39 is 11.6 Å². The summed E-state index contributed by atoms with van der Waals surface area (Å²) in [6.45, 7) is 2.20. The Morgan fingerprint density at radius 3 is 2.48 bits per heavy atom. The monoisotopic (exact) mass is 490 g/mol. The first kappa shape index (κ1) is 20.8. The minimum absolute atomic E-state index is 0. The number of halogens is 3. The minimum Gasteiger partial charge on any atom is -0.353 e. The molecule has 0 aromatic heterocycles. The maximum Gasteiger partial charge on any atom is 0.191 e. The molecule has 0 bridgehead atoms. The summed E-state index contributed by atoms with van der Waals surface area (Å²) in [4.78, 5) is 6.92. The number of nitrogens with zero attached hydrogens (tertiary/aromatic N) is 2. The van der Waals surface area contributed by atoms with Gasteiger partial charge >= 0.3 is 0 Å². The average molecular weight is 490 g/mol. The van der Waals surface area contributed by atoms with Crippen LogP contribution in [0.2, 0.25) is 0 Å². The molecule has 3 unspecified atom stereocenters. The lowest BCUT2D eigenvalue weighted by molar-refractivity contribution is 0.242. The highest BCUT2D eigenvalue weighted by molar-refractivity contribution is 14.0. The first-order valence-electron chi connectivity index (χ1n) is 9.83. The van der Waals surface area contributed by atoms with Crippen LogP contribution in [0.1, 0.15) is 50.0 Å². The van der Waals surface area contributed by atoms with E-state index in [9.17, 15) is 8.78 Å². The number of aliphatic imine (C=N–C) groups is 1. The molecular formula is C20H29F2IN4. The van der Waals surface area contributed by atoms with Gasteiger partial charge in [-0.15, -0.1) is 24.0 Å². The molecule has 1 aromatic rings. The molecule has 1 saturated heterocycles. The summed E-state index contributed by atoms with van der Waals surface area (Å²) in [5.74, 6) is -0.281. The van der Waals surface area contributed by atoms with Crippen LogP contribution < -0.4 is 10.6 Å². The van der Waals surface area contributed by atoms with E-state index in [1.807, 2.05) is 0 Å². The number of hydrogen-bond donors (Lipinski definition) is 2. The van der Waals surface area contributed by atoms with E-state index >= 15 is 0 Å². The summed E-state index contributed by atoms with van der Waals surface area (Å²) in [5.41, 5.74) is 0.203. The summed E-state index contributed by atoms with van der Waals surface area (Å²) in [6.07, 6.45) is 7.23. The number of nitrogens with one attached hydrogen (secondary N) is 2. The van der Waals surface area contributed by atoms with Gasteiger partial charge < -0.3 is 10.6 Å². The topological polar surface area (TPSA) is 39.7 Å². The van der Waals surface area contributed by atoms with Crippen LogP contribution in [0.15, 0.2) is 23.2 Å². The van der Waals surface area contributed by atoms with Gasteiger partial charge in [-0.1, -0.05) is 18.9 Å². The van der Waals surface area contributed by atoms with Crippen LogP contribution in [0.25, 0.3) is 0 Å². The van der Waals surface area contributed by atoms with E-state index in [1.165, 1.54) is 43.9 Å². The highest BCUT2D eigenvalue weighted by Gasteiger charge is 2.42. The molecule has 3 fully saturated rings. The first-order valence-corrected chi connectivity index (χ1v) is 9.83. The third kappa shape index (κ3) is 4.72. The summed E-state index contributed by atoms with van der Waals surface area (Å²) in [5, 5.41) is 6.84. The molecule has 1 aliphatic heterocycles. The molecule has 3 aliphatic rings. The zero-order chi connectivity index (χ0) is 18.1. The molecule has 1 heterocycles. The Hall–Kier alpha value is -0.960. The second kappa shape index (κ2) is 9.03. The lowest BCUT2D eigenvalue weighted by atomic mass is 10.1. The van der Waals surface area contributed by atoms with Gasteiger partial charge in [0.15, 0.2) is 5.96 Å². The van der Waals surface area contributed by atoms with Crippen LogP contribution >= 0.6 is 24.0 Å². The maximum atomic E-state index is 13.9. The van der Waals surface area contributed by atoms with E-state index in [0.29, 0.717) is 6.04 Å². The highest BCUT2D eigenvalue weighted by atomic mass is 127. The molecule has 7 heteroatoms. The molecule has 1 aromatic carbocycles. The zero-order valence-corrected chi connectivity index (χ0v) is 18.1. The molecule has 3 atom stereocenters. The zero-order valence-electron chi connectivity index (χ0n) is 15.8. The van der Waals surface area contributed by atoms with Gasteiger partial charge in [-0.2, -0.15) is 0 Å². The Kier molecular flexibility index (Phi) is 6.94. The molecular weight excluding hydrogens is 461 g/mol. The molecule has 0 amide bonds. The number of rotatable bonds is 4. The third-order valence-electron chi connectivity index (χ3n) is 6.11. The third-order valence-corrected chi connectivity index (χ3v) is 6.11. The van der Waals surface area contributed by atoms with Crippen LogP contribution in [0, 0.1) is 11.6 Å². The van der Waals surface area contributed by atoms with Crippen molar-refractivity contribution >= 4 is 29.9 Å². The predicted octanol–water partition coefficient (Wildman–Crippen LogP) is 3.62. The van der Waals surface area contributed by atoms with Gasteiger partial charge in [0, 0.05) is 49.7 Å². The van der Waals surface area contributed by atoms with E-state index in [0.717, 1.165) is 37.9 Å². The standard InChI is InChI=1S/C20H28F2N4.HI/c1-23-20(24-13-9-10-26(12-13)14-5-2-3-6-14)25-18-11-15(18)19-16(21)7-4-8-17(19)22;/h4,7-8,13-15,18H,2-3,5-6,9-12H2,1H3,(H2,23,24,25);1H. The van der Waals surface area contributed by atoms with Crippen molar-refractivity contribution in [3.05, 3.63) is 35.4 Å². The van der Waals surface area contributed by atoms with Crippen molar-refractivity contribution in [1.82, 2.24) is 15.5 Å². The van der Waals surface area contributed by atoms with Crippen molar-refractivity contribution in [2.24, 2.45) is 4.99 Å². The molecule has 0 radical (unpaired) electrons. The van der Waals surface area contributed by atoms with E-state index in [1.54, 1.807) is 7.05 Å². The van der Waals surface area contributed by atoms with E-state index in [4.69, 9.17) is 0 Å². The summed E-state index contributed by atoms with van der Waals surface area (Å²) < 4.78 is 27.9. The first-order chi connectivity index (χ1) is 12.7. The molecule has 4 nitrogen and oxygen atoms in total. The highest BCUT2D eigenvalue weighted by Crippen LogP contribution is 2.43. The van der Waals surface area contributed by atoms with Gasteiger partial charge in [-0.3, -0.25) is 9.89 Å². The molecule has 0 spiro atoms. The van der Waals surface area contributed by atoms with Crippen molar-refractivity contribution in [3.63, 3.8) is 0 Å². The van der Waals surface area contributed by atoms with Crippen molar-refractivity contribution in [3.8, 4) is 0 Å². The van der Waals surface area contributed by atoms with Gasteiger partial charge in [0.05, 0.1) is 0 Å². The molecule has 4 rings (SSSR count). The lowest BCUT2D eigenvalue weighted by Gasteiger charge is -2.24. The molecule has 27 heavy (non-hydrogen) atoms. The Bertz CT molecular complexity index is 658. The number of benzene rings is 1. The number of guanidine groups is 1. The fourth-order valence-corrected chi connectivity index (χ4v) is 4.58. The summed E-state index contributed by atoms with van der Waals surface area (Å²) in [7, 11) is 1.75. The second-order valence-corrected chi connectivity index (χ2v) is 7.86. The Balaban J connectivity index is 0.00000210. The minimum atomic E-state index is -0.453. The fourth-order valence-electron chi connectivity index (χ4n) is 4.58. The van der Waals surface area contributed by atoms with Gasteiger partial charge in [-0.05, 0) is 37.8 Å². The molecule has 2 saturated carbocycles. The van der Waals surface area contributed by atoms with E-state index in [2.05, 4.69) is 20.5 Å². The van der Waals surface area contributed by atoms with Crippen LogP contribution in [0.3, 0.4) is 0 Å². The predicted molar refractivity (Wildman–Crippen MR) is 115 cm³/mol. The average Bonchev–Trinajstić information content (AvgIpc) is 3.04. The van der Waals surface area contributed by atoms with Crippen LogP contribution in [0.5, 0.6) is 0 Å². The van der Waals surface area contributed by atoms with Crippen LogP contribution in [-0.2, 0) is 0 Å². The summed E-state index contributed by atoms with van der Waals surface area (Å²) >= 11 is 0. The normalized spacial score (nSPS) is 28.9. The molecule has 150 valence electrons. The van der Waals surface area contributed by atoms with Crippen molar-refractivity contribution < 1.29 is 8.78 Å². The number of likely N-dealkylation sites (tertiary alicyclic amines) is 1. The SMILES string of the molecule is CN=C(NC1CCN(C2CCCC2)C1)NC1CC1c1c(F)cccc1F.I. The van der Waals surface area contributed by atoms with Crippen molar-refractivity contribution in [2.75, 3.05) is 20.1 Å². The quantitative estimate of drug-likeness (QED) is 0.385. The summed E-state index contributed by atoms with van der Waals surface area (Å²) in [6, 6.07) is 5.27. The Morgan fingerprint density at radius 2 is 1.81 bits per heavy atom. The fraction of sp³-hybridized carbons (Fsp3) is 0.650. The van der Waals surface area contributed by atoms with Crippen LogP contribution in [0.4, 0.5) is 8.78 Å². The van der Waals surface area contributed by atoms with E-state index in [-0.39, 0.29) is 41.5 Å². The Morgan fingerprint density at radius 1 is 1.11 bits per heavy atom. The van der Waals surface area contributed by atoms with Gasteiger partial charge in [0.25, 0.3) is 0 Å². The lowest BCUT2D eigenvalue weighted by Crippen LogP contribution is -2.46. The van der Waals surface area contributed by atoms with Gasteiger partial charge in [0.2, 0.25) is 0 Å². The number of hydrogen-bond acceptors (Lipinski definition) is 2. The molecule has 2 aliphatic carbocycles. The maximum absolute atomic E-state index is 13.9.